The van der Waals surface area contributed by atoms with Crippen LogP contribution in [0.5, 0.6) is 5.88 Å². The summed E-state index contributed by atoms with van der Waals surface area (Å²) in [4.78, 5) is 17.5. The van der Waals surface area contributed by atoms with Crippen LogP contribution >= 0.6 is 0 Å². The van der Waals surface area contributed by atoms with Gasteiger partial charge in [-0.3, -0.25) is 4.79 Å². The Morgan fingerprint density at radius 2 is 1.91 bits per heavy atom. The molecule has 2 aromatic carbocycles. The number of ether oxygens (including phenoxy) is 1. The Labute approximate surface area is 202 Å². The van der Waals surface area contributed by atoms with Crippen LogP contribution in [0.2, 0.25) is 0 Å². The van der Waals surface area contributed by atoms with Crippen molar-refractivity contribution < 1.29 is 22.3 Å². The van der Waals surface area contributed by atoms with Crippen molar-refractivity contribution in [1.82, 2.24) is 14.8 Å². The van der Waals surface area contributed by atoms with Gasteiger partial charge in [0.05, 0.1) is 29.8 Å². The summed E-state index contributed by atoms with van der Waals surface area (Å²) in [5, 5.41) is 5.57. The Bertz CT molecular complexity index is 1530. The second-order valence-corrected chi connectivity index (χ2v) is 11.5. The number of nitrogens with zero attached hydrogens (tertiary/aromatic N) is 3. The van der Waals surface area contributed by atoms with Crippen molar-refractivity contribution in [3.05, 3.63) is 72.2 Å². The van der Waals surface area contributed by atoms with E-state index >= 15 is 0 Å². The van der Waals surface area contributed by atoms with Gasteiger partial charge in [0.1, 0.15) is 11.5 Å². The highest BCUT2D eigenvalue weighted by Gasteiger charge is 2.39. The SMILES string of the molecule is COc1ccc(-c2nn(-c3ccc(F)cc3)c3cc(C(=O)CC4(C)CCS(=O)(=O)C4)ccc23)cn1. The zero-order chi connectivity index (χ0) is 24.8. The number of carbonyl (C=O) groups is 1. The number of sulfone groups is 1. The lowest BCUT2D eigenvalue weighted by Crippen LogP contribution is -2.22. The summed E-state index contributed by atoms with van der Waals surface area (Å²) in [6.07, 6.45) is 2.29. The molecular formula is C26H24FN3O4S. The van der Waals surface area contributed by atoms with Gasteiger partial charge in [0.2, 0.25) is 5.88 Å². The summed E-state index contributed by atoms with van der Waals surface area (Å²) in [6.45, 7) is 1.85. The molecule has 1 aliphatic heterocycles. The number of hydrogen-bond acceptors (Lipinski definition) is 6. The molecule has 9 heteroatoms. The molecule has 180 valence electrons. The second kappa shape index (κ2) is 8.57. The predicted octanol–water partition coefficient (Wildman–Crippen LogP) is 4.63. The first-order valence-electron chi connectivity index (χ1n) is 11.2. The molecule has 0 saturated carbocycles. The lowest BCUT2D eigenvalue weighted by atomic mass is 9.83. The van der Waals surface area contributed by atoms with Gasteiger partial charge >= 0.3 is 0 Å². The number of methoxy groups -OCH3 is 1. The van der Waals surface area contributed by atoms with Gasteiger partial charge in [0.15, 0.2) is 15.6 Å². The maximum absolute atomic E-state index is 13.6. The molecule has 3 heterocycles. The number of fused-ring (bicyclic) bond motifs is 1. The summed E-state index contributed by atoms with van der Waals surface area (Å²) >= 11 is 0. The van der Waals surface area contributed by atoms with Gasteiger partial charge in [-0.05, 0) is 54.3 Å². The third-order valence-electron chi connectivity index (χ3n) is 6.47. The zero-order valence-corrected chi connectivity index (χ0v) is 20.2. The minimum absolute atomic E-state index is 0.0239. The molecule has 1 saturated heterocycles. The quantitative estimate of drug-likeness (QED) is 0.364. The first-order valence-corrected chi connectivity index (χ1v) is 13.0. The van der Waals surface area contributed by atoms with Gasteiger partial charge in [-0.2, -0.15) is 5.10 Å². The third-order valence-corrected chi connectivity index (χ3v) is 8.43. The number of Topliss-reactive ketones (excluding diaryl/α,β-unsaturated/α-hetero) is 1. The first kappa shape index (κ1) is 23.2. The molecule has 5 rings (SSSR count). The van der Waals surface area contributed by atoms with Crippen LogP contribution in [0.15, 0.2) is 60.8 Å². The maximum Gasteiger partial charge on any atom is 0.212 e. The standard InChI is InChI=1S/C26H24FN3O4S/c1-26(11-12-35(32,33)16-26)14-23(31)17-3-9-21-22(13-17)30(20-7-5-19(27)6-8-20)29-25(21)18-4-10-24(34-2)28-15-18/h3-10,13,15H,11-12,14,16H2,1-2H3. The van der Waals surface area contributed by atoms with Gasteiger partial charge in [-0.15, -0.1) is 0 Å². The molecule has 35 heavy (non-hydrogen) atoms. The van der Waals surface area contributed by atoms with Crippen LogP contribution in [-0.4, -0.2) is 47.6 Å². The molecule has 0 aliphatic carbocycles. The third kappa shape index (κ3) is 4.55. The van der Waals surface area contributed by atoms with Crippen molar-refractivity contribution in [2.45, 2.75) is 19.8 Å². The van der Waals surface area contributed by atoms with Crippen LogP contribution in [0.3, 0.4) is 0 Å². The zero-order valence-electron chi connectivity index (χ0n) is 19.4. The number of benzene rings is 2. The molecule has 0 amide bonds. The number of hydrogen-bond donors (Lipinski definition) is 0. The summed E-state index contributed by atoms with van der Waals surface area (Å²) in [5.41, 5.74) is 2.65. The van der Waals surface area contributed by atoms with E-state index in [1.165, 1.54) is 12.1 Å². The van der Waals surface area contributed by atoms with Crippen LogP contribution in [-0.2, 0) is 9.84 Å². The Hall–Kier alpha value is -3.59. The van der Waals surface area contributed by atoms with Crippen molar-refractivity contribution in [2.75, 3.05) is 18.6 Å². The molecule has 1 unspecified atom stereocenters. The number of aromatic nitrogens is 3. The van der Waals surface area contributed by atoms with E-state index in [0.29, 0.717) is 34.8 Å². The highest BCUT2D eigenvalue weighted by atomic mass is 32.2. The summed E-state index contributed by atoms with van der Waals surface area (Å²) in [7, 11) is -1.56. The molecule has 4 aromatic rings. The van der Waals surface area contributed by atoms with Gasteiger partial charge in [-0.25, -0.2) is 22.5 Å². The van der Waals surface area contributed by atoms with Crippen molar-refractivity contribution in [3.63, 3.8) is 0 Å². The van der Waals surface area contributed by atoms with E-state index in [2.05, 4.69) is 4.98 Å². The highest BCUT2D eigenvalue weighted by molar-refractivity contribution is 7.91. The minimum atomic E-state index is -3.11. The van der Waals surface area contributed by atoms with Crippen molar-refractivity contribution in [3.8, 4) is 22.8 Å². The first-order chi connectivity index (χ1) is 16.7. The van der Waals surface area contributed by atoms with E-state index in [0.717, 1.165) is 10.9 Å². The Balaban J connectivity index is 1.59. The van der Waals surface area contributed by atoms with Gasteiger partial charge < -0.3 is 4.74 Å². The number of halogens is 1. The Morgan fingerprint density at radius 1 is 1.14 bits per heavy atom. The van der Waals surface area contributed by atoms with Gasteiger partial charge in [-0.1, -0.05) is 13.0 Å². The second-order valence-electron chi connectivity index (χ2n) is 9.31. The molecule has 2 aromatic heterocycles. The molecular weight excluding hydrogens is 469 g/mol. The maximum atomic E-state index is 13.6. The van der Waals surface area contributed by atoms with E-state index in [-0.39, 0.29) is 29.5 Å². The fourth-order valence-electron chi connectivity index (χ4n) is 4.63. The highest BCUT2D eigenvalue weighted by Crippen LogP contribution is 2.37. The fourth-order valence-corrected chi connectivity index (χ4v) is 6.88. The number of rotatable bonds is 6. The molecule has 0 radical (unpaired) electrons. The number of carbonyl (C=O) groups excluding carboxylic acids is 1. The molecule has 0 N–H and O–H groups in total. The largest absolute Gasteiger partial charge is 0.481 e. The lowest BCUT2D eigenvalue weighted by Gasteiger charge is -2.20. The van der Waals surface area contributed by atoms with Gasteiger partial charge in [0.25, 0.3) is 0 Å². The van der Waals surface area contributed by atoms with Crippen LogP contribution in [0.4, 0.5) is 4.39 Å². The summed E-state index contributed by atoms with van der Waals surface area (Å²) in [5.74, 6) is 0.139. The monoisotopic (exact) mass is 493 g/mol. The van der Waals surface area contributed by atoms with E-state index in [1.807, 2.05) is 19.1 Å². The van der Waals surface area contributed by atoms with Crippen LogP contribution in [0.25, 0.3) is 27.8 Å². The van der Waals surface area contributed by atoms with Crippen LogP contribution < -0.4 is 4.74 Å². The lowest BCUT2D eigenvalue weighted by molar-refractivity contribution is 0.0934. The van der Waals surface area contributed by atoms with E-state index < -0.39 is 15.3 Å². The van der Waals surface area contributed by atoms with Crippen molar-refractivity contribution in [2.24, 2.45) is 5.41 Å². The topological polar surface area (TPSA) is 91.2 Å². The molecule has 0 bridgehead atoms. The Morgan fingerprint density at radius 3 is 2.54 bits per heavy atom. The smallest absolute Gasteiger partial charge is 0.212 e. The number of ketones is 1. The van der Waals surface area contributed by atoms with Crippen molar-refractivity contribution >= 4 is 26.5 Å². The fraction of sp³-hybridized carbons (Fsp3) is 0.269. The normalized spacial score (nSPS) is 19.2. The van der Waals surface area contributed by atoms with Crippen LogP contribution in [0, 0.1) is 11.2 Å². The summed E-state index contributed by atoms with van der Waals surface area (Å²) in [6, 6.07) is 14.9. The Kier molecular flexibility index (Phi) is 5.67. The predicted molar refractivity (Wildman–Crippen MR) is 131 cm³/mol. The average molecular weight is 494 g/mol. The number of pyridine rings is 1. The van der Waals surface area contributed by atoms with Crippen molar-refractivity contribution in [1.29, 1.82) is 0 Å². The summed E-state index contributed by atoms with van der Waals surface area (Å²) < 4.78 is 44.4. The molecule has 1 atom stereocenters. The molecule has 0 spiro atoms. The van der Waals surface area contributed by atoms with Gasteiger partial charge in [0, 0.05) is 35.2 Å². The molecule has 1 aliphatic rings. The van der Waals surface area contributed by atoms with E-state index in [1.54, 1.807) is 48.3 Å². The van der Waals surface area contributed by atoms with E-state index in [4.69, 9.17) is 9.84 Å². The average Bonchev–Trinajstić information content (AvgIpc) is 3.35. The minimum Gasteiger partial charge on any atom is -0.481 e. The van der Waals surface area contributed by atoms with E-state index in [9.17, 15) is 17.6 Å². The molecule has 1 fully saturated rings. The molecule has 7 nitrogen and oxygen atoms in total. The van der Waals surface area contributed by atoms with Crippen LogP contribution in [0.1, 0.15) is 30.1 Å².